The number of benzene rings is 1. The molecule has 0 atom stereocenters. The van der Waals surface area contributed by atoms with Crippen molar-refractivity contribution in [1.29, 1.82) is 0 Å². The molecule has 0 aliphatic rings. The second-order valence-corrected chi connectivity index (χ2v) is 3.50. The van der Waals surface area contributed by atoms with E-state index in [1.54, 1.807) is 0 Å². The lowest BCUT2D eigenvalue weighted by atomic mass is 10.2. The normalized spacial score (nSPS) is 9.69. The minimum atomic E-state index is 0.648. The van der Waals surface area contributed by atoms with Crippen LogP contribution in [-0.2, 0) is 0 Å². The summed E-state index contributed by atoms with van der Waals surface area (Å²) >= 11 is 0. The third-order valence-electron chi connectivity index (χ3n) is 1.74. The Morgan fingerprint density at radius 3 is 2.85 bits per heavy atom. The molecular formula is C12H15N. The average Bonchev–Trinajstić information content (AvgIpc) is 2.15. The van der Waals surface area contributed by atoms with E-state index in [-0.39, 0.29) is 0 Å². The molecule has 0 unspecified atom stereocenters. The van der Waals surface area contributed by atoms with Crippen LogP contribution in [0.25, 0.3) is 0 Å². The average molecular weight is 173 g/mol. The molecular weight excluding hydrogens is 158 g/mol. The molecule has 0 aromatic heterocycles. The van der Waals surface area contributed by atoms with Crippen molar-refractivity contribution in [2.24, 2.45) is 5.92 Å². The molecule has 1 aromatic carbocycles. The Bertz CT molecular complexity index is 307. The fourth-order valence-electron chi connectivity index (χ4n) is 1.04. The van der Waals surface area contributed by atoms with Gasteiger partial charge >= 0.3 is 0 Å². The van der Waals surface area contributed by atoms with Gasteiger partial charge in [-0.05, 0) is 24.1 Å². The summed E-state index contributed by atoms with van der Waals surface area (Å²) in [6.07, 6.45) is 5.30. The first-order chi connectivity index (χ1) is 6.22. The summed E-state index contributed by atoms with van der Waals surface area (Å²) in [6, 6.07) is 7.92. The predicted molar refractivity (Wildman–Crippen MR) is 57.7 cm³/mol. The minimum Gasteiger partial charge on any atom is -0.385 e. The maximum absolute atomic E-state index is 5.30. The number of anilines is 1. The number of nitrogens with one attached hydrogen (secondary N) is 1. The topological polar surface area (TPSA) is 12.0 Å². The Balaban J connectivity index is 2.63. The summed E-state index contributed by atoms with van der Waals surface area (Å²) in [5.74, 6) is 3.26. The van der Waals surface area contributed by atoms with Gasteiger partial charge in [0.1, 0.15) is 0 Å². The van der Waals surface area contributed by atoms with E-state index >= 15 is 0 Å². The highest BCUT2D eigenvalue weighted by Crippen LogP contribution is 2.10. The van der Waals surface area contributed by atoms with E-state index in [0.29, 0.717) is 5.92 Å². The molecule has 0 saturated carbocycles. The fraction of sp³-hybridized carbons (Fsp3) is 0.333. The van der Waals surface area contributed by atoms with Gasteiger partial charge in [0.25, 0.3) is 0 Å². The van der Waals surface area contributed by atoms with Gasteiger partial charge in [-0.25, -0.2) is 0 Å². The molecule has 0 bridgehead atoms. The lowest BCUT2D eigenvalue weighted by Crippen LogP contribution is -2.07. The summed E-state index contributed by atoms with van der Waals surface area (Å²) in [5, 5.41) is 3.32. The van der Waals surface area contributed by atoms with Crippen LogP contribution in [0.3, 0.4) is 0 Å². The molecule has 1 rings (SSSR count). The van der Waals surface area contributed by atoms with Crippen LogP contribution in [0, 0.1) is 18.3 Å². The largest absolute Gasteiger partial charge is 0.385 e. The molecule has 0 amide bonds. The highest BCUT2D eigenvalue weighted by molar-refractivity contribution is 5.49. The van der Waals surface area contributed by atoms with Gasteiger partial charge in [-0.2, -0.15) is 0 Å². The van der Waals surface area contributed by atoms with Gasteiger partial charge in [0.15, 0.2) is 0 Å². The van der Waals surface area contributed by atoms with Gasteiger partial charge in [-0.3, -0.25) is 0 Å². The molecule has 1 heteroatoms. The molecule has 0 aliphatic heterocycles. The SMILES string of the molecule is C#Cc1cccc(NCC(C)C)c1. The van der Waals surface area contributed by atoms with Crippen molar-refractivity contribution < 1.29 is 0 Å². The Hall–Kier alpha value is -1.42. The van der Waals surface area contributed by atoms with Gasteiger partial charge in [0.05, 0.1) is 0 Å². The lowest BCUT2D eigenvalue weighted by molar-refractivity contribution is 0.689. The van der Waals surface area contributed by atoms with Crippen LogP contribution in [-0.4, -0.2) is 6.54 Å². The monoisotopic (exact) mass is 173 g/mol. The smallest absolute Gasteiger partial charge is 0.0352 e. The van der Waals surface area contributed by atoms with E-state index < -0.39 is 0 Å². The Morgan fingerprint density at radius 2 is 2.23 bits per heavy atom. The van der Waals surface area contributed by atoms with Crippen molar-refractivity contribution in [1.82, 2.24) is 0 Å². The van der Waals surface area contributed by atoms with Crippen LogP contribution in [0.4, 0.5) is 5.69 Å². The molecule has 0 fully saturated rings. The van der Waals surface area contributed by atoms with E-state index in [2.05, 4.69) is 25.1 Å². The lowest BCUT2D eigenvalue weighted by Gasteiger charge is -2.08. The van der Waals surface area contributed by atoms with Crippen LogP contribution >= 0.6 is 0 Å². The zero-order valence-electron chi connectivity index (χ0n) is 8.17. The molecule has 0 spiro atoms. The van der Waals surface area contributed by atoms with Crippen LogP contribution in [0.5, 0.6) is 0 Å². The number of hydrogen-bond acceptors (Lipinski definition) is 1. The third kappa shape index (κ3) is 3.21. The molecule has 0 saturated heterocycles. The van der Waals surface area contributed by atoms with Crippen LogP contribution in [0.2, 0.25) is 0 Å². The predicted octanol–water partition coefficient (Wildman–Crippen LogP) is 2.74. The Kier molecular flexibility index (Phi) is 3.40. The molecule has 13 heavy (non-hydrogen) atoms. The molecule has 1 N–H and O–H groups in total. The van der Waals surface area contributed by atoms with Crippen molar-refractivity contribution in [2.45, 2.75) is 13.8 Å². The summed E-state index contributed by atoms with van der Waals surface area (Å²) in [4.78, 5) is 0. The second-order valence-electron chi connectivity index (χ2n) is 3.50. The molecule has 0 heterocycles. The molecule has 0 radical (unpaired) electrons. The molecule has 68 valence electrons. The van der Waals surface area contributed by atoms with Gasteiger partial charge in [-0.15, -0.1) is 6.42 Å². The highest BCUT2D eigenvalue weighted by atomic mass is 14.9. The maximum Gasteiger partial charge on any atom is 0.0352 e. The minimum absolute atomic E-state index is 0.648. The molecule has 0 aliphatic carbocycles. The molecule has 1 aromatic rings. The van der Waals surface area contributed by atoms with Gasteiger partial charge in [0.2, 0.25) is 0 Å². The first kappa shape index (κ1) is 9.67. The first-order valence-corrected chi connectivity index (χ1v) is 4.53. The van der Waals surface area contributed by atoms with Crippen molar-refractivity contribution >= 4 is 5.69 Å². The summed E-state index contributed by atoms with van der Waals surface area (Å²) < 4.78 is 0. The first-order valence-electron chi connectivity index (χ1n) is 4.53. The Morgan fingerprint density at radius 1 is 1.46 bits per heavy atom. The third-order valence-corrected chi connectivity index (χ3v) is 1.74. The van der Waals surface area contributed by atoms with Crippen molar-refractivity contribution in [3.05, 3.63) is 29.8 Å². The summed E-state index contributed by atoms with van der Waals surface area (Å²) in [6.45, 7) is 5.34. The van der Waals surface area contributed by atoms with Crippen LogP contribution < -0.4 is 5.32 Å². The van der Waals surface area contributed by atoms with Gasteiger partial charge < -0.3 is 5.32 Å². The van der Waals surface area contributed by atoms with Crippen molar-refractivity contribution in [2.75, 3.05) is 11.9 Å². The van der Waals surface area contributed by atoms with E-state index in [9.17, 15) is 0 Å². The summed E-state index contributed by atoms with van der Waals surface area (Å²) in [7, 11) is 0. The molecule has 1 nitrogen and oxygen atoms in total. The van der Waals surface area contributed by atoms with Crippen LogP contribution in [0.1, 0.15) is 19.4 Å². The fourth-order valence-corrected chi connectivity index (χ4v) is 1.04. The van der Waals surface area contributed by atoms with E-state index in [1.807, 2.05) is 24.3 Å². The highest BCUT2D eigenvalue weighted by Gasteiger charge is 1.94. The van der Waals surface area contributed by atoms with Crippen molar-refractivity contribution in [3.8, 4) is 12.3 Å². The summed E-state index contributed by atoms with van der Waals surface area (Å²) in [5.41, 5.74) is 2.03. The van der Waals surface area contributed by atoms with E-state index in [4.69, 9.17) is 6.42 Å². The number of hydrogen-bond donors (Lipinski definition) is 1. The standard InChI is InChI=1S/C12H15N/c1-4-11-6-5-7-12(8-11)13-9-10(2)3/h1,5-8,10,13H,9H2,2-3H3. The second kappa shape index (κ2) is 4.57. The van der Waals surface area contributed by atoms with E-state index in [1.165, 1.54) is 0 Å². The maximum atomic E-state index is 5.30. The van der Waals surface area contributed by atoms with E-state index in [0.717, 1.165) is 17.8 Å². The Labute approximate surface area is 80.2 Å². The quantitative estimate of drug-likeness (QED) is 0.693. The van der Waals surface area contributed by atoms with Gasteiger partial charge in [-0.1, -0.05) is 25.8 Å². The number of terminal acetylenes is 1. The van der Waals surface area contributed by atoms with Gasteiger partial charge in [0, 0.05) is 17.8 Å². The van der Waals surface area contributed by atoms with Crippen LogP contribution in [0.15, 0.2) is 24.3 Å². The zero-order valence-corrected chi connectivity index (χ0v) is 8.17. The van der Waals surface area contributed by atoms with Crippen molar-refractivity contribution in [3.63, 3.8) is 0 Å². The zero-order chi connectivity index (χ0) is 9.68. The number of rotatable bonds is 3.